The van der Waals surface area contributed by atoms with E-state index >= 15 is 0 Å². The van der Waals surface area contributed by atoms with Crippen LogP contribution in [0, 0.1) is 19.7 Å². The van der Waals surface area contributed by atoms with Gasteiger partial charge >= 0.3 is 10.8 Å². The summed E-state index contributed by atoms with van der Waals surface area (Å²) in [5.74, 6) is -0.949. The number of nitrogens with zero attached hydrogens (tertiary/aromatic N) is 1. The number of benzene rings is 2. The summed E-state index contributed by atoms with van der Waals surface area (Å²) in [7, 11) is 0. The number of thiazole rings is 1. The topological polar surface area (TPSA) is 78.5 Å². The smallest absolute Gasteiger partial charge is 0.331 e. The number of halogens is 2. The molecule has 0 saturated heterocycles. The Morgan fingerprint density at radius 1 is 1.19 bits per heavy atom. The van der Waals surface area contributed by atoms with E-state index in [1.54, 1.807) is 12.3 Å². The third-order valence-corrected chi connectivity index (χ3v) is 5.94. The van der Waals surface area contributed by atoms with E-state index in [2.05, 4.69) is 0 Å². The molecule has 0 N–H and O–H groups in total. The molecule has 6 nitrogen and oxygen atoms in total. The SMILES string of the molecule is Cc1oc2cc(OC(=O)Cn3c(C)csc3=O)ccc2c(=O)c1-c1c(F)cccc1Cl. The number of carbonyl (C=O) groups is 1. The predicted octanol–water partition coefficient (Wildman–Crippen LogP) is 4.70. The van der Waals surface area contributed by atoms with Crippen LogP contribution in [-0.2, 0) is 11.3 Å². The van der Waals surface area contributed by atoms with Crippen molar-refractivity contribution in [3.05, 3.63) is 84.0 Å². The van der Waals surface area contributed by atoms with Gasteiger partial charge < -0.3 is 9.15 Å². The van der Waals surface area contributed by atoms with Crippen LogP contribution in [0.3, 0.4) is 0 Å². The molecule has 0 fully saturated rings. The number of fused-ring (bicyclic) bond motifs is 1. The first-order valence-corrected chi connectivity index (χ1v) is 10.4. The van der Waals surface area contributed by atoms with E-state index in [-0.39, 0.29) is 50.0 Å². The number of hydrogen-bond acceptors (Lipinski definition) is 6. The average Bonchev–Trinajstić information content (AvgIpc) is 3.02. The van der Waals surface area contributed by atoms with Gasteiger partial charge in [0, 0.05) is 22.7 Å². The summed E-state index contributed by atoms with van der Waals surface area (Å²) in [6.45, 7) is 3.02. The highest BCUT2D eigenvalue weighted by Crippen LogP contribution is 2.32. The molecule has 9 heteroatoms. The fourth-order valence-corrected chi connectivity index (χ4v) is 4.26. The molecule has 4 aromatic rings. The van der Waals surface area contributed by atoms with E-state index in [0.717, 1.165) is 11.3 Å². The van der Waals surface area contributed by atoms with E-state index in [0.29, 0.717) is 5.69 Å². The lowest BCUT2D eigenvalue weighted by Gasteiger charge is -2.11. The van der Waals surface area contributed by atoms with Gasteiger partial charge in [-0.3, -0.25) is 14.2 Å². The quantitative estimate of drug-likeness (QED) is 0.326. The van der Waals surface area contributed by atoms with Crippen molar-refractivity contribution in [3.63, 3.8) is 0 Å². The van der Waals surface area contributed by atoms with Crippen LogP contribution in [0.25, 0.3) is 22.1 Å². The van der Waals surface area contributed by atoms with Crippen molar-refractivity contribution in [1.29, 1.82) is 0 Å². The minimum absolute atomic E-state index is 0.0237. The molecule has 0 saturated carbocycles. The zero-order chi connectivity index (χ0) is 22.3. The molecule has 0 radical (unpaired) electrons. The average molecular weight is 460 g/mol. The van der Waals surface area contributed by atoms with Crippen molar-refractivity contribution in [2.45, 2.75) is 20.4 Å². The first-order valence-electron chi connectivity index (χ1n) is 9.13. The van der Waals surface area contributed by atoms with E-state index in [4.69, 9.17) is 20.8 Å². The predicted molar refractivity (Wildman–Crippen MR) is 117 cm³/mol. The van der Waals surface area contributed by atoms with Crippen LogP contribution in [0.2, 0.25) is 5.02 Å². The summed E-state index contributed by atoms with van der Waals surface area (Å²) in [5.41, 5.74) is 0.389. The Labute approximate surface area is 184 Å². The first-order chi connectivity index (χ1) is 14.8. The highest BCUT2D eigenvalue weighted by molar-refractivity contribution is 7.07. The number of hydrogen-bond donors (Lipinski definition) is 0. The van der Waals surface area contributed by atoms with Crippen molar-refractivity contribution in [3.8, 4) is 16.9 Å². The van der Waals surface area contributed by atoms with E-state index < -0.39 is 17.2 Å². The molecule has 0 atom stereocenters. The number of aryl methyl sites for hydroxylation is 2. The highest BCUT2D eigenvalue weighted by Gasteiger charge is 2.20. The van der Waals surface area contributed by atoms with E-state index in [1.807, 2.05) is 0 Å². The number of rotatable bonds is 4. The molecule has 158 valence electrons. The fraction of sp³-hybridized carbons (Fsp3) is 0.136. The Hall–Kier alpha value is -3.23. The molecule has 0 aliphatic rings. The zero-order valence-electron chi connectivity index (χ0n) is 16.4. The lowest BCUT2D eigenvalue weighted by Crippen LogP contribution is -2.23. The first kappa shape index (κ1) is 21.0. The van der Waals surface area contributed by atoms with Gasteiger partial charge in [0.2, 0.25) is 5.43 Å². The molecule has 31 heavy (non-hydrogen) atoms. The molecule has 2 aromatic carbocycles. The van der Waals surface area contributed by atoms with Gasteiger partial charge in [0.15, 0.2) is 0 Å². The Morgan fingerprint density at radius 3 is 2.65 bits per heavy atom. The van der Waals surface area contributed by atoms with Gasteiger partial charge in [-0.05, 0) is 38.1 Å². The van der Waals surface area contributed by atoms with E-state index in [9.17, 15) is 18.8 Å². The number of aromatic nitrogens is 1. The van der Waals surface area contributed by atoms with Crippen LogP contribution in [0.1, 0.15) is 11.5 Å². The van der Waals surface area contributed by atoms with Gasteiger partial charge in [-0.1, -0.05) is 29.0 Å². The largest absolute Gasteiger partial charge is 0.460 e. The van der Waals surface area contributed by atoms with Crippen LogP contribution < -0.4 is 15.0 Å². The van der Waals surface area contributed by atoms with Crippen LogP contribution in [-0.4, -0.2) is 10.5 Å². The Morgan fingerprint density at radius 2 is 1.97 bits per heavy atom. The normalized spacial score (nSPS) is 11.1. The maximum atomic E-state index is 14.4. The molecule has 0 bridgehead atoms. The van der Waals surface area contributed by atoms with Crippen LogP contribution >= 0.6 is 22.9 Å². The third kappa shape index (κ3) is 3.92. The summed E-state index contributed by atoms with van der Waals surface area (Å²) in [6.07, 6.45) is 0. The van der Waals surface area contributed by atoms with Crippen LogP contribution in [0.15, 0.2) is 55.8 Å². The molecule has 0 unspecified atom stereocenters. The molecular weight excluding hydrogens is 445 g/mol. The third-order valence-electron chi connectivity index (χ3n) is 4.75. The monoisotopic (exact) mass is 459 g/mol. The van der Waals surface area contributed by atoms with Gasteiger partial charge in [0.05, 0.1) is 16.0 Å². The molecule has 2 heterocycles. The van der Waals surface area contributed by atoms with Crippen molar-refractivity contribution in [2.75, 3.05) is 0 Å². The van der Waals surface area contributed by atoms with E-state index in [1.165, 1.54) is 47.9 Å². The van der Waals surface area contributed by atoms with Gasteiger partial charge in [-0.2, -0.15) is 0 Å². The lowest BCUT2D eigenvalue weighted by atomic mass is 10.0. The van der Waals surface area contributed by atoms with Crippen molar-refractivity contribution in [2.24, 2.45) is 0 Å². The molecular formula is C22H15ClFNO5S. The minimum atomic E-state index is -0.642. The maximum absolute atomic E-state index is 14.4. The standard InChI is InChI=1S/C22H15ClFNO5S/c1-11-10-31-22(28)25(11)9-18(26)30-13-6-7-14-17(8-13)29-12(2)19(21(14)27)20-15(23)4-3-5-16(20)24/h3-8,10H,9H2,1-2H3. The minimum Gasteiger partial charge on any atom is -0.460 e. The zero-order valence-corrected chi connectivity index (χ0v) is 18.0. The Bertz CT molecular complexity index is 1430. The van der Waals surface area contributed by atoms with Crippen molar-refractivity contribution in [1.82, 2.24) is 4.57 Å². The Kier molecular flexibility index (Phi) is 5.51. The maximum Gasteiger partial charge on any atom is 0.331 e. The second-order valence-electron chi connectivity index (χ2n) is 6.82. The summed E-state index contributed by atoms with van der Waals surface area (Å²) >= 11 is 7.12. The molecule has 4 rings (SSSR count). The van der Waals surface area contributed by atoms with Crippen molar-refractivity contribution >= 4 is 39.9 Å². The molecule has 0 aliphatic heterocycles. The van der Waals surface area contributed by atoms with Crippen LogP contribution in [0.5, 0.6) is 5.75 Å². The molecule has 2 aromatic heterocycles. The summed E-state index contributed by atoms with van der Waals surface area (Å²) < 4.78 is 26.7. The Balaban J connectivity index is 1.70. The number of carbonyl (C=O) groups excluding carboxylic acids is 1. The number of esters is 1. The van der Waals surface area contributed by atoms with Gasteiger partial charge in [0.1, 0.15) is 29.5 Å². The van der Waals surface area contributed by atoms with Gasteiger partial charge in [0.25, 0.3) is 0 Å². The van der Waals surface area contributed by atoms with Crippen molar-refractivity contribution < 1.29 is 18.3 Å². The molecule has 0 amide bonds. The molecule has 0 aliphatic carbocycles. The lowest BCUT2D eigenvalue weighted by molar-refractivity contribution is -0.135. The second-order valence-corrected chi connectivity index (χ2v) is 8.05. The summed E-state index contributed by atoms with van der Waals surface area (Å²) in [6, 6.07) is 8.43. The number of ether oxygens (including phenoxy) is 1. The summed E-state index contributed by atoms with van der Waals surface area (Å²) in [4.78, 5) is 36.8. The highest BCUT2D eigenvalue weighted by atomic mass is 35.5. The second kappa shape index (κ2) is 8.13. The molecule has 0 spiro atoms. The van der Waals surface area contributed by atoms with Gasteiger partial charge in [-0.25, -0.2) is 9.18 Å². The summed E-state index contributed by atoms with van der Waals surface area (Å²) in [5, 5.41) is 1.94. The fourth-order valence-electron chi connectivity index (χ4n) is 3.26. The van der Waals surface area contributed by atoms with Gasteiger partial charge in [-0.15, -0.1) is 0 Å². The van der Waals surface area contributed by atoms with Crippen LogP contribution in [0.4, 0.5) is 4.39 Å².